The lowest BCUT2D eigenvalue weighted by Gasteiger charge is -2.13. The van der Waals surface area contributed by atoms with Crippen LogP contribution in [0.15, 0.2) is 17.5 Å². The van der Waals surface area contributed by atoms with Crippen molar-refractivity contribution in [3.05, 3.63) is 44.9 Å². The van der Waals surface area contributed by atoms with Crippen molar-refractivity contribution in [3.8, 4) is 5.75 Å². The van der Waals surface area contributed by atoms with E-state index in [-0.39, 0.29) is 0 Å². The van der Waals surface area contributed by atoms with Gasteiger partial charge >= 0.3 is 0 Å². The number of hydrogen-bond donors (Lipinski definition) is 1. The first-order valence-electron chi connectivity index (χ1n) is 7.50. The highest BCUT2D eigenvalue weighted by Crippen LogP contribution is 2.27. The van der Waals surface area contributed by atoms with Gasteiger partial charge in [-0.1, -0.05) is 12.1 Å². The molecule has 0 spiro atoms. The quantitative estimate of drug-likeness (QED) is 0.879. The van der Waals surface area contributed by atoms with E-state index in [1.54, 1.807) is 11.3 Å². The van der Waals surface area contributed by atoms with Crippen LogP contribution in [-0.2, 0) is 13.2 Å². The molecule has 0 saturated heterocycles. The molecule has 0 unspecified atom stereocenters. The van der Waals surface area contributed by atoms with Gasteiger partial charge in [-0.3, -0.25) is 0 Å². The highest BCUT2D eigenvalue weighted by molar-refractivity contribution is 7.09. The summed E-state index contributed by atoms with van der Waals surface area (Å²) in [5.41, 5.74) is 4.70. The monoisotopic (exact) mass is 302 g/mol. The smallest absolute Gasteiger partial charge is 0.131 e. The fourth-order valence-electron chi connectivity index (χ4n) is 2.31. The second-order valence-corrected chi connectivity index (χ2v) is 6.77. The lowest BCUT2D eigenvalue weighted by molar-refractivity contribution is 0.297. The molecule has 0 radical (unpaired) electrons. The SMILES string of the molecule is Cc1ccc(C)c(OCc2csc(CNC3CC3)n2)c1C. The summed E-state index contributed by atoms with van der Waals surface area (Å²) in [5, 5.41) is 6.75. The fourth-order valence-corrected chi connectivity index (χ4v) is 3.04. The van der Waals surface area contributed by atoms with Gasteiger partial charge in [-0.15, -0.1) is 11.3 Å². The summed E-state index contributed by atoms with van der Waals surface area (Å²) < 4.78 is 6.01. The molecule has 0 aliphatic heterocycles. The van der Waals surface area contributed by atoms with Crippen LogP contribution in [0.5, 0.6) is 5.75 Å². The Morgan fingerprint density at radius 2 is 2.00 bits per heavy atom. The number of nitrogens with zero attached hydrogens (tertiary/aromatic N) is 1. The average molecular weight is 302 g/mol. The first kappa shape index (κ1) is 14.5. The van der Waals surface area contributed by atoms with Gasteiger partial charge in [-0.05, 0) is 50.3 Å². The van der Waals surface area contributed by atoms with Crippen molar-refractivity contribution < 1.29 is 4.74 Å². The van der Waals surface area contributed by atoms with Crippen LogP contribution in [0.2, 0.25) is 0 Å². The van der Waals surface area contributed by atoms with Crippen LogP contribution >= 0.6 is 11.3 Å². The number of aromatic nitrogens is 1. The van der Waals surface area contributed by atoms with Crippen molar-refractivity contribution in [2.45, 2.75) is 52.8 Å². The standard InChI is InChI=1S/C17H22N2OS/c1-11-4-5-12(2)17(13(11)3)20-9-15-10-21-16(19-15)8-18-14-6-7-14/h4-5,10,14,18H,6-9H2,1-3H3. The largest absolute Gasteiger partial charge is 0.487 e. The van der Waals surface area contributed by atoms with Crippen molar-refractivity contribution in [3.63, 3.8) is 0 Å². The van der Waals surface area contributed by atoms with Gasteiger partial charge in [0.2, 0.25) is 0 Å². The summed E-state index contributed by atoms with van der Waals surface area (Å²) in [6.07, 6.45) is 2.63. The molecule has 3 rings (SSSR count). The number of ether oxygens (including phenoxy) is 1. The van der Waals surface area contributed by atoms with E-state index in [1.807, 2.05) is 0 Å². The zero-order valence-corrected chi connectivity index (χ0v) is 13.7. The van der Waals surface area contributed by atoms with Crippen molar-refractivity contribution in [2.75, 3.05) is 0 Å². The normalized spacial score (nSPS) is 14.4. The Morgan fingerprint density at radius 3 is 2.76 bits per heavy atom. The van der Waals surface area contributed by atoms with E-state index in [0.29, 0.717) is 6.61 Å². The van der Waals surface area contributed by atoms with E-state index in [4.69, 9.17) is 4.74 Å². The maximum Gasteiger partial charge on any atom is 0.131 e. The van der Waals surface area contributed by atoms with Gasteiger partial charge in [-0.25, -0.2) is 4.98 Å². The minimum Gasteiger partial charge on any atom is -0.487 e. The Hall–Kier alpha value is -1.39. The first-order chi connectivity index (χ1) is 10.1. The third kappa shape index (κ3) is 3.63. The molecule has 0 bridgehead atoms. The third-order valence-corrected chi connectivity index (χ3v) is 4.85. The summed E-state index contributed by atoms with van der Waals surface area (Å²) in [4.78, 5) is 4.64. The maximum atomic E-state index is 6.01. The maximum absolute atomic E-state index is 6.01. The summed E-state index contributed by atoms with van der Waals surface area (Å²) in [7, 11) is 0. The zero-order valence-electron chi connectivity index (χ0n) is 12.9. The number of rotatable bonds is 6. The Labute approximate surface area is 130 Å². The summed E-state index contributed by atoms with van der Waals surface area (Å²) >= 11 is 1.71. The number of benzene rings is 1. The van der Waals surface area contributed by atoms with E-state index in [0.717, 1.165) is 29.0 Å². The van der Waals surface area contributed by atoms with Gasteiger partial charge in [0.1, 0.15) is 17.4 Å². The van der Waals surface area contributed by atoms with Gasteiger partial charge in [0.15, 0.2) is 0 Å². The van der Waals surface area contributed by atoms with Crippen LogP contribution in [0, 0.1) is 20.8 Å². The summed E-state index contributed by atoms with van der Waals surface area (Å²) in [6.45, 7) is 7.76. The number of hydrogen-bond acceptors (Lipinski definition) is 4. The van der Waals surface area contributed by atoms with Crippen LogP contribution in [0.1, 0.15) is 40.2 Å². The van der Waals surface area contributed by atoms with Gasteiger partial charge < -0.3 is 10.1 Å². The number of nitrogens with one attached hydrogen (secondary N) is 1. The van der Waals surface area contributed by atoms with Gasteiger partial charge in [0.25, 0.3) is 0 Å². The van der Waals surface area contributed by atoms with E-state index in [1.165, 1.54) is 29.5 Å². The van der Waals surface area contributed by atoms with E-state index >= 15 is 0 Å². The van der Waals surface area contributed by atoms with E-state index in [2.05, 4.69) is 48.6 Å². The molecule has 1 aliphatic rings. The molecule has 112 valence electrons. The Morgan fingerprint density at radius 1 is 1.24 bits per heavy atom. The molecule has 1 aromatic carbocycles. The molecule has 1 saturated carbocycles. The fraction of sp³-hybridized carbons (Fsp3) is 0.471. The topological polar surface area (TPSA) is 34.1 Å². The van der Waals surface area contributed by atoms with Gasteiger partial charge in [-0.2, -0.15) is 0 Å². The minimum absolute atomic E-state index is 0.547. The molecule has 1 aliphatic carbocycles. The van der Waals surface area contributed by atoms with E-state index in [9.17, 15) is 0 Å². The Balaban J connectivity index is 1.60. The molecule has 1 fully saturated rings. The molecule has 21 heavy (non-hydrogen) atoms. The van der Waals surface area contributed by atoms with Crippen LogP contribution in [0.3, 0.4) is 0 Å². The van der Waals surface area contributed by atoms with Crippen molar-refractivity contribution in [2.24, 2.45) is 0 Å². The van der Waals surface area contributed by atoms with Crippen molar-refractivity contribution in [1.82, 2.24) is 10.3 Å². The first-order valence-corrected chi connectivity index (χ1v) is 8.37. The minimum atomic E-state index is 0.547. The molecule has 2 aromatic rings. The van der Waals surface area contributed by atoms with Crippen molar-refractivity contribution in [1.29, 1.82) is 0 Å². The Kier molecular flexibility index (Phi) is 4.27. The molecule has 0 atom stereocenters. The van der Waals surface area contributed by atoms with Crippen LogP contribution < -0.4 is 10.1 Å². The molecule has 0 amide bonds. The molecule has 1 heterocycles. The average Bonchev–Trinajstić information content (AvgIpc) is 3.20. The molecule has 1 aromatic heterocycles. The highest BCUT2D eigenvalue weighted by atomic mass is 32.1. The van der Waals surface area contributed by atoms with Crippen LogP contribution in [-0.4, -0.2) is 11.0 Å². The van der Waals surface area contributed by atoms with Crippen LogP contribution in [0.25, 0.3) is 0 Å². The van der Waals surface area contributed by atoms with Gasteiger partial charge in [0, 0.05) is 18.0 Å². The third-order valence-electron chi connectivity index (χ3n) is 3.96. The van der Waals surface area contributed by atoms with E-state index < -0.39 is 0 Å². The molecule has 1 N–H and O–H groups in total. The zero-order chi connectivity index (χ0) is 14.8. The summed E-state index contributed by atoms with van der Waals surface area (Å²) in [5.74, 6) is 1.00. The highest BCUT2D eigenvalue weighted by Gasteiger charge is 2.20. The second kappa shape index (κ2) is 6.16. The van der Waals surface area contributed by atoms with Crippen LogP contribution in [0.4, 0.5) is 0 Å². The molecule has 4 heteroatoms. The number of aryl methyl sites for hydroxylation is 2. The molecular weight excluding hydrogens is 280 g/mol. The second-order valence-electron chi connectivity index (χ2n) is 5.83. The lowest BCUT2D eigenvalue weighted by atomic mass is 10.1. The molecular formula is C17H22N2OS. The molecule has 3 nitrogen and oxygen atoms in total. The lowest BCUT2D eigenvalue weighted by Crippen LogP contribution is -2.15. The van der Waals surface area contributed by atoms with Crippen molar-refractivity contribution >= 4 is 11.3 Å². The van der Waals surface area contributed by atoms with Gasteiger partial charge in [0.05, 0.1) is 5.69 Å². The summed E-state index contributed by atoms with van der Waals surface area (Å²) in [6, 6.07) is 4.98. The predicted molar refractivity (Wildman–Crippen MR) is 87.0 cm³/mol. The Bertz CT molecular complexity index is 632. The number of thiazole rings is 1. The predicted octanol–water partition coefficient (Wildman–Crippen LogP) is 3.90.